The minimum absolute atomic E-state index is 0.513. The topological polar surface area (TPSA) is 68.5 Å². The molecule has 3 rings (SSSR count). The molecule has 0 unspecified atom stereocenters. The molecule has 0 spiro atoms. The highest BCUT2D eigenvalue weighted by Crippen LogP contribution is 2.22. The van der Waals surface area contributed by atoms with Gasteiger partial charge in [0.25, 0.3) is 5.95 Å². The number of hydrogen-bond acceptors (Lipinski definition) is 6. The van der Waals surface area contributed by atoms with Gasteiger partial charge in [0.1, 0.15) is 0 Å². The summed E-state index contributed by atoms with van der Waals surface area (Å²) < 4.78 is 1.62. The van der Waals surface area contributed by atoms with Crippen molar-refractivity contribution in [3.63, 3.8) is 0 Å². The van der Waals surface area contributed by atoms with E-state index in [9.17, 15) is 0 Å². The standard InChI is InChI=1S/C12H12N6S/c1-2-13-11-15-10(9-5-3-8-19-9)16-12(17-11)18-7-4-6-14-18/h3-8H,2H2,1H3,(H,13,15,16,17). The number of rotatable bonds is 4. The van der Waals surface area contributed by atoms with Gasteiger partial charge in [0.15, 0.2) is 5.82 Å². The lowest BCUT2D eigenvalue weighted by atomic mass is 10.4. The summed E-state index contributed by atoms with van der Waals surface area (Å²) in [6.45, 7) is 2.76. The number of nitrogens with one attached hydrogen (secondary N) is 1. The molecule has 0 amide bonds. The van der Waals surface area contributed by atoms with Crippen molar-refractivity contribution in [2.45, 2.75) is 6.92 Å². The van der Waals surface area contributed by atoms with Crippen LogP contribution >= 0.6 is 11.3 Å². The fraction of sp³-hybridized carbons (Fsp3) is 0.167. The van der Waals surface area contributed by atoms with E-state index in [2.05, 4.69) is 25.4 Å². The quantitative estimate of drug-likeness (QED) is 0.788. The number of thiophene rings is 1. The van der Waals surface area contributed by atoms with E-state index < -0.39 is 0 Å². The van der Waals surface area contributed by atoms with Crippen molar-refractivity contribution in [3.05, 3.63) is 36.0 Å². The minimum atomic E-state index is 0.513. The Hall–Kier alpha value is -2.28. The van der Waals surface area contributed by atoms with Gasteiger partial charge in [0.05, 0.1) is 4.88 Å². The van der Waals surface area contributed by atoms with E-state index in [1.54, 1.807) is 22.2 Å². The summed E-state index contributed by atoms with van der Waals surface area (Å²) in [5, 5.41) is 9.26. The zero-order chi connectivity index (χ0) is 13.1. The molecule has 0 saturated carbocycles. The molecule has 0 saturated heterocycles. The van der Waals surface area contributed by atoms with E-state index in [1.807, 2.05) is 36.7 Å². The predicted molar refractivity (Wildman–Crippen MR) is 74.4 cm³/mol. The van der Waals surface area contributed by atoms with Crippen LogP contribution in [0.4, 0.5) is 5.95 Å². The summed E-state index contributed by atoms with van der Waals surface area (Å²) in [6, 6.07) is 5.80. The first kappa shape index (κ1) is 11.8. The Balaban J connectivity index is 2.09. The first-order valence-corrected chi connectivity index (χ1v) is 6.78. The zero-order valence-electron chi connectivity index (χ0n) is 10.3. The van der Waals surface area contributed by atoms with Gasteiger partial charge in [-0.25, -0.2) is 4.68 Å². The molecule has 0 radical (unpaired) electrons. The largest absolute Gasteiger partial charge is 0.354 e. The Morgan fingerprint density at radius 3 is 2.89 bits per heavy atom. The fourth-order valence-corrected chi connectivity index (χ4v) is 2.27. The second kappa shape index (κ2) is 5.15. The van der Waals surface area contributed by atoms with E-state index in [-0.39, 0.29) is 0 Å². The van der Waals surface area contributed by atoms with Crippen LogP contribution in [0.5, 0.6) is 0 Å². The number of aromatic nitrogens is 5. The van der Waals surface area contributed by atoms with Gasteiger partial charge in [-0.2, -0.15) is 20.1 Å². The van der Waals surface area contributed by atoms with Crippen molar-refractivity contribution in [3.8, 4) is 16.6 Å². The molecular weight excluding hydrogens is 260 g/mol. The number of nitrogens with zero attached hydrogens (tertiary/aromatic N) is 5. The van der Waals surface area contributed by atoms with Crippen LogP contribution in [-0.2, 0) is 0 Å². The Morgan fingerprint density at radius 2 is 2.21 bits per heavy atom. The lowest BCUT2D eigenvalue weighted by Crippen LogP contribution is -2.09. The molecule has 3 aromatic rings. The molecular formula is C12H12N6S. The first-order valence-electron chi connectivity index (χ1n) is 5.90. The summed E-state index contributed by atoms with van der Waals surface area (Å²) >= 11 is 1.60. The highest BCUT2D eigenvalue weighted by molar-refractivity contribution is 7.13. The van der Waals surface area contributed by atoms with Gasteiger partial charge >= 0.3 is 0 Å². The number of anilines is 1. The van der Waals surface area contributed by atoms with Crippen molar-refractivity contribution in [1.29, 1.82) is 0 Å². The van der Waals surface area contributed by atoms with Crippen LogP contribution in [0.15, 0.2) is 36.0 Å². The third-order valence-corrected chi connectivity index (χ3v) is 3.28. The van der Waals surface area contributed by atoms with Gasteiger partial charge in [0, 0.05) is 18.9 Å². The van der Waals surface area contributed by atoms with Crippen molar-refractivity contribution < 1.29 is 0 Å². The van der Waals surface area contributed by atoms with E-state index in [4.69, 9.17) is 0 Å². The van der Waals surface area contributed by atoms with Crippen LogP contribution < -0.4 is 5.32 Å². The van der Waals surface area contributed by atoms with Crippen LogP contribution in [0.3, 0.4) is 0 Å². The average Bonchev–Trinajstić information content (AvgIpc) is 3.12. The molecule has 19 heavy (non-hydrogen) atoms. The molecule has 0 aromatic carbocycles. The average molecular weight is 272 g/mol. The van der Waals surface area contributed by atoms with Crippen LogP contribution in [0.25, 0.3) is 16.6 Å². The second-order valence-corrected chi connectivity index (χ2v) is 4.69. The summed E-state index contributed by atoms with van der Waals surface area (Å²) in [6.07, 6.45) is 3.50. The van der Waals surface area contributed by atoms with Gasteiger partial charge in [-0.1, -0.05) is 6.07 Å². The lowest BCUT2D eigenvalue weighted by molar-refractivity contribution is 0.799. The maximum absolute atomic E-state index is 4.45. The second-order valence-electron chi connectivity index (χ2n) is 3.74. The highest BCUT2D eigenvalue weighted by atomic mass is 32.1. The van der Waals surface area contributed by atoms with Gasteiger partial charge in [-0.05, 0) is 24.4 Å². The van der Waals surface area contributed by atoms with Crippen LogP contribution in [0.1, 0.15) is 6.92 Å². The fourth-order valence-electron chi connectivity index (χ4n) is 1.61. The molecule has 3 heterocycles. The van der Waals surface area contributed by atoms with Crippen LogP contribution in [0.2, 0.25) is 0 Å². The molecule has 0 bridgehead atoms. The van der Waals surface area contributed by atoms with Crippen LogP contribution in [0, 0.1) is 0 Å². The van der Waals surface area contributed by atoms with Crippen molar-refractivity contribution in [1.82, 2.24) is 24.7 Å². The Morgan fingerprint density at radius 1 is 1.26 bits per heavy atom. The molecule has 0 atom stereocenters. The third kappa shape index (κ3) is 2.45. The third-order valence-electron chi connectivity index (χ3n) is 2.41. The molecule has 3 aromatic heterocycles. The molecule has 7 heteroatoms. The Labute approximate surface area is 114 Å². The lowest BCUT2D eigenvalue weighted by Gasteiger charge is -2.06. The Kier molecular flexibility index (Phi) is 3.20. The number of hydrogen-bond donors (Lipinski definition) is 1. The molecule has 1 N–H and O–H groups in total. The highest BCUT2D eigenvalue weighted by Gasteiger charge is 2.10. The van der Waals surface area contributed by atoms with Gasteiger partial charge in [-0.3, -0.25) is 0 Å². The molecule has 0 aliphatic carbocycles. The molecule has 0 aliphatic rings. The maximum atomic E-state index is 4.45. The summed E-state index contributed by atoms with van der Waals surface area (Å²) in [5.41, 5.74) is 0. The molecule has 6 nitrogen and oxygen atoms in total. The van der Waals surface area contributed by atoms with Gasteiger partial charge in [0.2, 0.25) is 5.95 Å². The van der Waals surface area contributed by atoms with Crippen molar-refractivity contribution in [2.24, 2.45) is 0 Å². The first-order chi connectivity index (χ1) is 9.36. The minimum Gasteiger partial charge on any atom is -0.354 e. The van der Waals surface area contributed by atoms with E-state index in [1.165, 1.54) is 0 Å². The van der Waals surface area contributed by atoms with E-state index >= 15 is 0 Å². The predicted octanol–water partition coefficient (Wildman–Crippen LogP) is 2.22. The zero-order valence-corrected chi connectivity index (χ0v) is 11.1. The van der Waals surface area contributed by atoms with Gasteiger partial charge in [-0.15, -0.1) is 11.3 Å². The van der Waals surface area contributed by atoms with Crippen molar-refractivity contribution in [2.75, 3.05) is 11.9 Å². The Bertz CT molecular complexity index is 594. The summed E-state index contributed by atoms with van der Waals surface area (Å²) in [4.78, 5) is 14.2. The van der Waals surface area contributed by atoms with Crippen LogP contribution in [-0.4, -0.2) is 31.3 Å². The SMILES string of the molecule is CCNc1nc(-c2cccs2)nc(-n2cccn2)n1. The summed E-state index contributed by atoms with van der Waals surface area (Å²) in [7, 11) is 0. The van der Waals surface area contributed by atoms with E-state index in [0.29, 0.717) is 17.7 Å². The maximum Gasteiger partial charge on any atom is 0.255 e. The van der Waals surface area contributed by atoms with Crippen molar-refractivity contribution >= 4 is 17.3 Å². The molecule has 0 aliphatic heterocycles. The monoisotopic (exact) mass is 272 g/mol. The van der Waals surface area contributed by atoms with Gasteiger partial charge < -0.3 is 5.32 Å². The molecule has 96 valence electrons. The normalized spacial score (nSPS) is 10.6. The molecule has 0 fully saturated rings. The van der Waals surface area contributed by atoms with E-state index in [0.717, 1.165) is 11.4 Å². The summed E-state index contributed by atoms with van der Waals surface area (Å²) in [5.74, 6) is 1.73. The smallest absolute Gasteiger partial charge is 0.255 e.